The van der Waals surface area contributed by atoms with Gasteiger partial charge in [0.2, 0.25) is 0 Å². The summed E-state index contributed by atoms with van der Waals surface area (Å²) in [7, 11) is 1.62. The zero-order valence-electron chi connectivity index (χ0n) is 14.1. The first kappa shape index (κ1) is 17.0. The zero-order valence-corrected chi connectivity index (χ0v) is 14.1. The summed E-state index contributed by atoms with van der Waals surface area (Å²) in [6, 6.07) is 14.5. The summed E-state index contributed by atoms with van der Waals surface area (Å²) in [4.78, 5) is 16.3. The Morgan fingerprint density at radius 1 is 1.31 bits per heavy atom. The topological polar surface area (TPSA) is 122 Å². The first-order chi connectivity index (χ1) is 12.6. The monoisotopic (exact) mass is 347 g/mol. The second kappa shape index (κ2) is 7.36. The molecule has 8 heteroatoms. The van der Waals surface area contributed by atoms with Crippen molar-refractivity contribution in [2.75, 3.05) is 16.4 Å². The molecule has 0 saturated carbocycles. The molecule has 0 bridgehead atoms. The molecule has 0 atom stereocenters. The molecule has 1 amide bonds. The lowest BCUT2D eigenvalue weighted by molar-refractivity contribution is 0.102. The quantitative estimate of drug-likeness (QED) is 0.650. The molecular weight excluding hydrogens is 330 g/mol. The first-order valence-corrected chi connectivity index (χ1v) is 7.85. The van der Waals surface area contributed by atoms with Crippen molar-refractivity contribution in [3.63, 3.8) is 0 Å². The van der Waals surface area contributed by atoms with Crippen LogP contribution in [-0.4, -0.2) is 20.7 Å². The molecule has 0 aliphatic carbocycles. The Morgan fingerprint density at radius 2 is 2.15 bits per heavy atom. The SMILES string of the molecule is Cn1nc(C(=O)Nc2cccc(CNc3cccnc3N)c2)cc1C#N. The van der Waals surface area contributed by atoms with Gasteiger partial charge in [-0.3, -0.25) is 9.48 Å². The van der Waals surface area contributed by atoms with Crippen molar-refractivity contribution in [2.45, 2.75) is 6.54 Å². The number of benzene rings is 1. The van der Waals surface area contributed by atoms with E-state index in [-0.39, 0.29) is 11.6 Å². The van der Waals surface area contributed by atoms with Gasteiger partial charge in [-0.2, -0.15) is 10.4 Å². The van der Waals surface area contributed by atoms with E-state index in [1.165, 1.54) is 10.7 Å². The number of nitriles is 1. The van der Waals surface area contributed by atoms with Crippen molar-refractivity contribution in [3.8, 4) is 6.07 Å². The number of aryl methyl sites for hydroxylation is 1. The van der Waals surface area contributed by atoms with Crippen LogP contribution in [0.5, 0.6) is 0 Å². The predicted molar refractivity (Wildman–Crippen MR) is 98.3 cm³/mol. The first-order valence-electron chi connectivity index (χ1n) is 7.85. The van der Waals surface area contributed by atoms with E-state index in [2.05, 4.69) is 20.7 Å². The zero-order chi connectivity index (χ0) is 18.5. The van der Waals surface area contributed by atoms with Crippen molar-refractivity contribution >= 4 is 23.1 Å². The van der Waals surface area contributed by atoms with E-state index in [4.69, 9.17) is 11.0 Å². The number of amides is 1. The van der Waals surface area contributed by atoms with Crippen LogP contribution in [0.3, 0.4) is 0 Å². The summed E-state index contributed by atoms with van der Waals surface area (Å²) >= 11 is 0. The van der Waals surface area contributed by atoms with E-state index in [1.807, 2.05) is 30.3 Å². The van der Waals surface area contributed by atoms with Crippen molar-refractivity contribution in [2.24, 2.45) is 7.05 Å². The minimum absolute atomic E-state index is 0.190. The summed E-state index contributed by atoms with van der Waals surface area (Å²) in [6.45, 7) is 0.530. The Balaban J connectivity index is 1.68. The Bertz CT molecular complexity index is 987. The van der Waals surface area contributed by atoms with Gasteiger partial charge in [-0.15, -0.1) is 0 Å². The van der Waals surface area contributed by atoms with Crippen LogP contribution in [0.2, 0.25) is 0 Å². The van der Waals surface area contributed by atoms with Gasteiger partial charge in [0.1, 0.15) is 17.6 Å². The van der Waals surface area contributed by atoms with Crippen LogP contribution in [0.4, 0.5) is 17.2 Å². The molecule has 3 aromatic rings. The largest absolute Gasteiger partial charge is 0.382 e. The number of rotatable bonds is 5. The van der Waals surface area contributed by atoms with Gasteiger partial charge in [0.15, 0.2) is 5.69 Å². The highest BCUT2D eigenvalue weighted by Gasteiger charge is 2.13. The van der Waals surface area contributed by atoms with Crippen LogP contribution in [0.25, 0.3) is 0 Å². The van der Waals surface area contributed by atoms with Crippen LogP contribution in [0.15, 0.2) is 48.7 Å². The summed E-state index contributed by atoms with van der Waals surface area (Å²) in [5, 5.41) is 19.0. The van der Waals surface area contributed by atoms with Gasteiger partial charge >= 0.3 is 0 Å². The molecule has 0 radical (unpaired) electrons. The summed E-state index contributed by atoms with van der Waals surface area (Å²) in [5.41, 5.74) is 8.67. The number of nitrogens with two attached hydrogens (primary N) is 1. The highest BCUT2D eigenvalue weighted by atomic mass is 16.1. The number of nitrogens with one attached hydrogen (secondary N) is 2. The van der Waals surface area contributed by atoms with E-state index in [0.717, 1.165) is 11.3 Å². The minimum atomic E-state index is -0.372. The van der Waals surface area contributed by atoms with E-state index in [0.29, 0.717) is 23.7 Å². The third kappa shape index (κ3) is 3.79. The van der Waals surface area contributed by atoms with E-state index < -0.39 is 0 Å². The normalized spacial score (nSPS) is 10.2. The van der Waals surface area contributed by atoms with Gasteiger partial charge in [0, 0.05) is 31.5 Å². The van der Waals surface area contributed by atoms with Gasteiger partial charge in [-0.05, 0) is 29.8 Å². The lowest BCUT2D eigenvalue weighted by atomic mass is 10.2. The van der Waals surface area contributed by atoms with Gasteiger partial charge in [-0.25, -0.2) is 4.98 Å². The number of carbonyl (C=O) groups excluding carboxylic acids is 1. The molecule has 0 spiro atoms. The van der Waals surface area contributed by atoms with Crippen LogP contribution >= 0.6 is 0 Å². The molecule has 1 aromatic carbocycles. The molecule has 0 aliphatic rings. The summed E-state index contributed by atoms with van der Waals surface area (Å²) in [6.07, 6.45) is 1.63. The van der Waals surface area contributed by atoms with Crippen molar-refractivity contribution in [1.82, 2.24) is 14.8 Å². The molecule has 130 valence electrons. The number of hydrogen-bond donors (Lipinski definition) is 3. The second-order valence-corrected chi connectivity index (χ2v) is 5.59. The molecule has 0 aliphatic heterocycles. The van der Waals surface area contributed by atoms with Crippen molar-refractivity contribution in [1.29, 1.82) is 5.26 Å². The van der Waals surface area contributed by atoms with Crippen LogP contribution in [0, 0.1) is 11.3 Å². The third-order valence-corrected chi connectivity index (χ3v) is 3.73. The number of pyridine rings is 1. The number of nitrogens with zero attached hydrogens (tertiary/aromatic N) is 4. The fourth-order valence-electron chi connectivity index (χ4n) is 2.40. The number of aromatic nitrogens is 3. The lowest BCUT2D eigenvalue weighted by Gasteiger charge is -2.10. The molecule has 2 heterocycles. The Morgan fingerprint density at radius 3 is 2.88 bits per heavy atom. The highest BCUT2D eigenvalue weighted by Crippen LogP contribution is 2.17. The molecule has 2 aromatic heterocycles. The number of anilines is 3. The van der Waals surface area contributed by atoms with E-state index in [9.17, 15) is 4.79 Å². The molecule has 3 rings (SSSR count). The average molecular weight is 347 g/mol. The van der Waals surface area contributed by atoms with Gasteiger partial charge < -0.3 is 16.4 Å². The van der Waals surface area contributed by atoms with E-state index >= 15 is 0 Å². The standard InChI is InChI=1S/C18H17N7O/c1-25-14(10-19)9-16(24-25)18(26)23-13-5-2-4-12(8-13)11-22-15-6-3-7-21-17(15)20/h2-9,22H,11H2,1H3,(H2,20,21)(H,23,26). The number of hydrogen-bond acceptors (Lipinski definition) is 6. The fraction of sp³-hybridized carbons (Fsp3) is 0.111. The minimum Gasteiger partial charge on any atom is -0.382 e. The number of carbonyl (C=O) groups is 1. The van der Waals surface area contributed by atoms with Crippen molar-refractivity contribution < 1.29 is 4.79 Å². The Labute approximate surface area is 150 Å². The molecular formula is C18H17N7O. The second-order valence-electron chi connectivity index (χ2n) is 5.59. The molecule has 0 fully saturated rings. The fourth-order valence-corrected chi connectivity index (χ4v) is 2.40. The van der Waals surface area contributed by atoms with Crippen LogP contribution in [0.1, 0.15) is 21.7 Å². The van der Waals surface area contributed by atoms with Gasteiger partial charge in [0.05, 0.1) is 5.69 Å². The Hall–Kier alpha value is -3.86. The molecule has 0 unspecified atom stereocenters. The third-order valence-electron chi connectivity index (χ3n) is 3.73. The summed E-state index contributed by atoms with van der Waals surface area (Å²) in [5.74, 6) is 0.0594. The average Bonchev–Trinajstić information content (AvgIpc) is 3.02. The van der Waals surface area contributed by atoms with Crippen LogP contribution in [-0.2, 0) is 13.6 Å². The highest BCUT2D eigenvalue weighted by molar-refractivity contribution is 6.03. The van der Waals surface area contributed by atoms with Gasteiger partial charge in [0.25, 0.3) is 5.91 Å². The van der Waals surface area contributed by atoms with Gasteiger partial charge in [-0.1, -0.05) is 12.1 Å². The number of nitrogen functional groups attached to an aromatic ring is 1. The molecule has 26 heavy (non-hydrogen) atoms. The van der Waals surface area contributed by atoms with Crippen molar-refractivity contribution in [3.05, 3.63) is 65.6 Å². The molecule has 8 nitrogen and oxygen atoms in total. The predicted octanol–water partition coefficient (Wildman–Crippen LogP) is 2.13. The molecule has 0 saturated heterocycles. The van der Waals surface area contributed by atoms with Crippen LogP contribution < -0.4 is 16.4 Å². The maximum atomic E-state index is 12.3. The van der Waals surface area contributed by atoms with E-state index in [1.54, 1.807) is 25.4 Å². The smallest absolute Gasteiger partial charge is 0.276 e. The summed E-state index contributed by atoms with van der Waals surface area (Å²) < 4.78 is 1.37. The molecule has 4 N–H and O–H groups in total. The maximum absolute atomic E-state index is 12.3. The Kier molecular flexibility index (Phi) is 4.80. The maximum Gasteiger partial charge on any atom is 0.276 e. The lowest BCUT2D eigenvalue weighted by Crippen LogP contribution is -2.13.